The molecule has 2 aromatic rings. The first-order valence-corrected chi connectivity index (χ1v) is 7.40. The summed E-state index contributed by atoms with van der Waals surface area (Å²) in [5.74, 6) is -0.345. The highest BCUT2D eigenvalue weighted by molar-refractivity contribution is 5.73. The zero-order valence-corrected chi connectivity index (χ0v) is 13.5. The predicted octanol–water partition coefficient (Wildman–Crippen LogP) is 3.99. The fraction of sp³-hybridized carbons (Fsp3) is 0.316. The molecule has 0 unspecified atom stereocenters. The van der Waals surface area contributed by atoms with Crippen molar-refractivity contribution in [2.45, 2.75) is 40.2 Å². The average Bonchev–Trinajstić information content (AvgIpc) is 2.45. The topological polar surface area (TPSA) is 46.5 Å². The van der Waals surface area contributed by atoms with E-state index in [2.05, 4.69) is 0 Å². The Morgan fingerprint density at radius 2 is 1.64 bits per heavy atom. The van der Waals surface area contributed by atoms with E-state index in [9.17, 15) is 9.90 Å². The lowest BCUT2D eigenvalue weighted by Gasteiger charge is -2.18. The highest BCUT2D eigenvalue weighted by Gasteiger charge is 2.22. The summed E-state index contributed by atoms with van der Waals surface area (Å²) in [5.41, 5.74) is 5.48. The lowest BCUT2D eigenvalue weighted by atomic mass is 9.97. The third kappa shape index (κ3) is 3.67. The standard InChI is InChI=1S/C19H22O3/c1-12-8-9-16(10-15(12)4)22-18(19(20)21)11-17-13(2)6-5-7-14(17)3/h5-10,18H,11H2,1-4H3,(H,20,21)/t18-/m1/s1. The summed E-state index contributed by atoms with van der Waals surface area (Å²) in [7, 11) is 0. The first-order chi connectivity index (χ1) is 10.4. The van der Waals surface area contributed by atoms with Crippen LogP contribution in [-0.2, 0) is 11.2 Å². The second kappa shape index (κ2) is 6.65. The second-order valence-electron chi connectivity index (χ2n) is 5.77. The Bertz CT molecular complexity index is 669. The smallest absolute Gasteiger partial charge is 0.345 e. The number of carboxylic acids is 1. The SMILES string of the molecule is Cc1ccc(O[C@H](Cc2c(C)cccc2C)C(=O)O)cc1C. The molecule has 2 aromatic carbocycles. The van der Waals surface area contributed by atoms with Gasteiger partial charge in [-0.15, -0.1) is 0 Å². The Hall–Kier alpha value is -2.29. The monoisotopic (exact) mass is 298 g/mol. The molecule has 3 heteroatoms. The van der Waals surface area contributed by atoms with Gasteiger partial charge in [-0.3, -0.25) is 0 Å². The van der Waals surface area contributed by atoms with Gasteiger partial charge in [0, 0.05) is 6.42 Å². The van der Waals surface area contributed by atoms with Crippen molar-refractivity contribution in [3.63, 3.8) is 0 Å². The van der Waals surface area contributed by atoms with E-state index < -0.39 is 12.1 Å². The van der Waals surface area contributed by atoms with E-state index in [-0.39, 0.29) is 0 Å². The maximum absolute atomic E-state index is 11.6. The van der Waals surface area contributed by atoms with Gasteiger partial charge >= 0.3 is 5.97 Å². The van der Waals surface area contributed by atoms with Crippen molar-refractivity contribution in [1.29, 1.82) is 0 Å². The van der Waals surface area contributed by atoms with E-state index in [1.54, 1.807) is 0 Å². The van der Waals surface area contributed by atoms with Gasteiger partial charge in [-0.2, -0.15) is 0 Å². The summed E-state index contributed by atoms with van der Waals surface area (Å²) in [6.45, 7) is 8.00. The molecule has 0 aliphatic carbocycles. The van der Waals surface area contributed by atoms with Gasteiger partial charge in [-0.1, -0.05) is 24.3 Å². The van der Waals surface area contributed by atoms with Crippen LogP contribution in [0.15, 0.2) is 36.4 Å². The van der Waals surface area contributed by atoms with Crippen molar-refractivity contribution in [3.8, 4) is 5.75 Å². The van der Waals surface area contributed by atoms with Crippen molar-refractivity contribution >= 4 is 5.97 Å². The van der Waals surface area contributed by atoms with Crippen molar-refractivity contribution in [2.75, 3.05) is 0 Å². The summed E-state index contributed by atoms with van der Waals surface area (Å²) in [4.78, 5) is 11.6. The number of aliphatic carboxylic acids is 1. The first kappa shape index (κ1) is 16.1. The lowest BCUT2D eigenvalue weighted by Crippen LogP contribution is -2.30. The van der Waals surface area contributed by atoms with Crippen LogP contribution in [0.25, 0.3) is 0 Å². The quantitative estimate of drug-likeness (QED) is 0.907. The lowest BCUT2D eigenvalue weighted by molar-refractivity contribution is -0.145. The number of carboxylic acid groups (broad SMARTS) is 1. The minimum atomic E-state index is -0.944. The van der Waals surface area contributed by atoms with Crippen LogP contribution in [0.4, 0.5) is 0 Å². The zero-order chi connectivity index (χ0) is 16.3. The van der Waals surface area contributed by atoms with Crippen molar-refractivity contribution in [1.82, 2.24) is 0 Å². The maximum Gasteiger partial charge on any atom is 0.345 e. The van der Waals surface area contributed by atoms with Crippen LogP contribution >= 0.6 is 0 Å². The molecule has 0 spiro atoms. The maximum atomic E-state index is 11.6. The molecular formula is C19H22O3. The van der Waals surface area contributed by atoms with E-state index in [0.29, 0.717) is 12.2 Å². The van der Waals surface area contributed by atoms with Crippen molar-refractivity contribution < 1.29 is 14.6 Å². The molecule has 2 rings (SSSR count). The molecule has 0 aromatic heterocycles. The fourth-order valence-corrected chi connectivity index (χ4v) is 2.49. The normalized spacial score (nSPS) is 12.0. The van der Waals surface area contributed by atoms with Crippen LogP contribution < -0.4 is 4.74 Å². The Morgan fingerprint density at radius 1 is 1.00 bits per heavy atom. The minimum Gasteiger partial charge on any atom is -0.478 e. The molecule has 0 heterocycles. The summed E-state index contributed by atoms with van der Waals surface area (Å²) in [6, 6.07) is 11.6. The number of benzene rings is 2. The van der Waals surface area contributed by atoms with E-state index in [1.165, 1.54) is 0 Å². The Kier molecular flexibility index (Phi) is 4.86. The van der Waals surface area contributed by atoms with Gasteiger partial charge in [0.15, 0.2) is 6.10 Å². The van der Waals surface area contributed by atoms with Gasteiger partial charge < -0.3 is 9.84 Å². The van der Waals surface area contributed by atoms with E-state index in [4.69, 9.17) is 4.74 Å². The summed E-state index contributed by atoms with van der Waals surface area (Å²) >= 11 is 0. The number of ether oxygens (including phenoxy) is 1. The first-order valence-electron chi connectivity index (χ1n) is 7.40. The largest absolute Gasteiger partial charge is 0.478 e. The Balaban J connectivity index is 2.24. The van der Waals surface area contributed by atoms with Crippen LogP contribution in [0.5, 0.6) is 5.75 Å². The van der Waals surface area contributed by atoms with Gasteiger partial charge in [0.25, 0.3) is 0 Å². The summed E-state index contributed by atoms with van der Waals surface area (Å²) < 4.78 is 5.73. The number of rotatable bonds is 5. The molecule has 1 atom stereocenters. The molecule has 0 bridgehead atoms. The molecule has 22 heavy (non-hydrogen) atoms. The molecule has 0 amide bonds. The minimum absolute atomic E-state index is 0.362. The van der Waals surface area contributed by atoms with E-state index >= 15 is 0 Å². The Morgan fingerprint density at radius 3 is 2.18 bits per heavy atom. The highest BCUT2D eigenvalue weighted by Crippen LogP contribution is 2.21. The molecular weight excluding hydrogens is 276 g/mol. The summed E-state index contributed by atoms with van der Waals surface area (Å²) in [6.07, 6.45) is -0.525. The second-order valence-corrected chi connectivity index (χ2v) is 5.77. The molecule has 0 radical (unpaired) electrons. The molecule has 1 N–H and O–H groups in total. The van der Waals surface area contributed by atoms with E-state index in [1.807, 2.05) is 64.1 Å². The van der Waals surface area contributed by atoms with Crippen LogP contribution in [0.1, 0.15) is 27.8 Å². The van der Waals surface area contributed by atoms with Gasteiger partial charge in [0.2, 0.25) is 0 Å². The summed E-state index contributed by atoms with van der Waals surface area (Å²) in [5, 5.41) is 9.48. The molecule has 0 saturated heterocycles. The number of hydrogen-bond donors (Lipinski definition) is 1. The van der Waals surface area contributed by atoms with Gasteiger partial charge in [-0.25, -0.2) is 4.79 Å². The molecule has 0 aliphatic rings. The Labute approximate surface area is 131 Å². The molecule has 0 saturated carbocycles. The van der Waals surface area contributed by atoms with Gasteiger partial charge in [0.05, 0.1) is 0 Å². The zero-order valence-electron chi connectivity index (χ0n) is 13.5. The third-order valence-corrected chi connectivity index (χ3v) is 4.07. The molecule has 116 valence electrons. The number of hydrogen-bond acceptors (Lipinski definition) is 2. The highest BCUT2D eigenvalue weighted by atomic mass is 16.5. The third-order valence-electron chi connectivity index (χ3n) is 4.07. The van der Waals surface area contributed by atoms with Crippen LogP contribution in [0, 0.1) is 27.7 Å². The predicted molar refractivity (Wildman–Crippen MR) is 87.6 cm³/mol. The number of aryl methyl sites for hydroxylation is 4. The molecule has 0 aliphatic heterocycles. The fourth-order valence-electron chi connectivity index (χ4n) is 2.49. The van der Waals surface area contributed by atoms with Crippen LogP contribution in [0.3, 0.4) is 0 Å². The van der Waals surface area contributed by atoms with Crippen LogP contribution in [-0.4, -0.2) is 17.2 Å². The van der Waals surface area contributed by atoms with Crippen molar-refractivity contribution in [2.24, 2.45) is 0 Å². The van der Waals surface area contributed by atoms with E-state index in [0.717, 1.165) is 27.8 Å². The van der Waals surface area contributed by atoms with Crippen LogP contribution in [0.2, 0.25) is 0 Å². The molecule has 3 nitrogen and oxygen atoms in total. The van der Waals surface area contributed by atoms with Gasteiger partial charge in [-0.05, 0) is 67.6 Å². The molecule has 0 fully saturated rings. The average molecular weight is 298 g/mol. The number of carbonyl (C=O) groups is 1. The van der Waals surface area contributed by atoms with Gasteiger partial charge in [0.1, 0.15) is 5.75 Å². The van der Waals surface area contributed by atoms with Crippen molar-refractivity contribution in [3.05, 3.63) is 64.2 Å².